The molecule has 1 saturated heterocycles. The van der Waals surface area contributed by atoms with E-state index in [1.165, 1.54) is 15.8 Å². The van der Waals surface area contributed by atoms with Gasteiger partial charge in [-0.1, -0.05) is 0 Å². The molecule has 1 aliphatic heterocycles. The van der Waals surface area contributed by atoms with Crippen LogP contribution in [0.4, 0.5) is 21.1 Å². The van der Waals surface area contributed by atoms with Crippen molar-refractivity contribution in [1.82, 2.24) is 20.0 Å². The molecule has 1 fully saturated rings. The van der Waals surface area contributed by atoms with Gasteiger partial charge in [0.15, 0.2) is 0 Å². The molecule has 5 N–H and O–H groups in total. The van der Waals surface area contributed by atoms with E-state index in [1.807, 2.05) is 0 Å². The summed E-state index contributed by atoms with van der Waals surface area (Å²) in [6.07, 6.45) is 1.08. The average Bonchev–Trinajstić information content (AvgIpc) is 2.91. The second-order valence-electron chi connectivity index (χ2n) is 4.38. The third-order valence-corrected chi connectivity index (χ3v) is 3.03. The van der Waals surface area contributed by atoms with Crippen LogP contribution in [-0.2, 0) is 7.05 Å². The molecule has 104 valence electrons. The van der Waals surface area contributed by atoms with Crippen LogP contribution in [-0.4, -0.2) is 51.0 Å². The largest absolute Gasteiger partial charge is 0.465 e. The van der Waals surface area contributed by atoms with E-state index in [-0.39, 0.29) is 6.04 Å². The fourth-order valence-electron chi connectivity index (χ4n) is 1.94. The fraction of sp³-hybridized carbons (Fsp3) is 0.500. The standard InChI is InChI=1S/C10H16N6O3/c1-15-8(11)7(4-12-15)14-9(17)13-6-2-3-16(5-6)10(18)19/h4,6H,2-3,5,11H2,1H3,(H,18,19)(H2,13,14,17)/t6-/m0/s1. The number of anilines is 2. The van der Waals surface area contributed by atoms with Crippen LogP contribution in [0.15, 0.2) is 6.20 Å². The molecule has 0 aliphatic carbocycles. The summed E-state index contributed by atoms with van der Waals surface area (Å²) in [5.41, 5.74) is 6.12. The topological polar surface area (TPSA) is 126 Å². The maximum absolute atomic E-state index is 11.7. The lowest BCUT2D eigenvalue weighted by molar-refractivity contribution is 0.154. The molecule has 2 rings (SSSR count). The smallest absolute Gasteiger partial charge is 0.407 e. The van der Waals surface area contributed by atoms with Gasteiger partial charge < -0.3 is 26.4 Å². The van der Waals surface area contributed by atoms with Crippen LogP contribution in [0.5, 0.6) is 0 Å². The number of carbonyl (C=O) groups is 2. The molecule has 9 heteroatoms. The Morgan fingerprint density at radius 3 is 2.84 bits per heavy atom. The van der Waals surface area contributed by atoms with E-state index in [1.54, 1.807) is 7.05 Å². The maximum Gasteiger partial charge on any atom is 0.407 e. The summed E-state index contributed by atoms with van der Waals surface area (Å²) in [5.74, 6) is 0.355. The minimum Gasteiger partial charge on any atom is -0.465 e. The number of nitrogens with zero attached hydrogens (tertiary/aromatic N) is 3. The first-order valence-electron chi connectivity index (χ1n) is 5.80. The number of nitrogen functional groups attached to an aromatic ring is 1. The molecule has 1 aromatic heterocycles. The molecule has 0 unspecified atom stereocenters. The first-order chi connectivity index (χ1) is 8.97. The third-order valence-electron chi connectivity index (χ3n) is 3.03. The molecule has 0 spiro atoms. The quantitative estimate of drug-likeness (QED) is 0.594. The molecule has 1 aliphatic rings. The Balaban J connectivity index is 1.86. The highest BCUT2D eigenvalue weighted by Gasteiger charge is 2.27. The SMILES string of the molecule is Cn1ncc(NC(=O)N[C@H]2CCN(C(=O)O)C2)c1N. The van der Waals surface area contributed by atoms with Gasteiger partial charge in [0.1, 0.15) is 11.5 Å². The van der Waals surface area contributed by atoms with Gasteiger partial charge in [-0.15, -0.1) is 0 Å². The van der Waals surface area contributed by atoms with Gasteiger partial charge in [-0.3, -0.25) is 4.68 Å². The number of urea groups is 1. The molecule has 19 heavy (non-hydrogen) atoms. The second-order valence-corrected chi connectivity index (χ2v) is 4.38. The first-order valence-corrected chi connectivity index (χ1v) is 5.80. The predicted octanol–water partition coefficient (Wildman–Crippen LogP) is -0.124. The summed E-state index contributed by atoms with van der Waals surface area (Å²) < 4.78 is 1.44. The molecule has 3 amide bonds. The van der Waals surface area contributed by atoms with E-state index in [2.05, 4.69) is 15.7 Å². The zero-order chi connectivity index (χ0) is 14.0. The van der Waals surface area contributed by atoms with Crippen LogP contribution >= 0.6 is 0 Å². The number of nitrogens with one attached hydrogen (secondary N) is 2. The van der Waals surface area contributed by atoms with Crippen molar-refractivity contribution in [1.29, 1.82) is 0 Å². The number of rotatable bonds is 2. The minimum atomic E-state index is -0.971. The molecule has 2 heterocycles. The summed E-state index contributed by atoms with van der Waals surface area (Å²) in [5, 5.41) is 18.0. The first kappa shape index (κ1) is 13.0. The number of amides is 3. The molecule has 9 nitrogen and oxygen atoms in total. The van der Waals surface area contributed by atoms with E-state index in [4.69, 9.17) is 10.8 Å². The van der Waals surface area contributed by atoms with Crippen LogP contribution in [0.2, 0.25) is 0 Å². The Labute approximate surface area is 109 Å². The van der Waals surface area contributed by atoms with Gasteiger partial charge in [-0.2, -0.15) is 5.10 Å². The minimum absolute atomic E-state index is 0.186. The van der Waals surface area contributed by atoms with E-state index in [0.29, 0.717) is 31.0 Å². The second kappa shape index (κ2) is 5.04. The van der Waals surface area contributed by atoms with Crippen molar-refractivity contribution in [2.24, 2.45) is 7.05 Å². The summed E-state index contributed by atoms with van der Waals surface area (Å²) in [6.45, 7) is 0.723. The Morgan fingerprint density at radius 1 is 1.58 bits per heavy atom. The highest BCUT2D eigenvalue weighted by atomic mass is 16.4. The van der Waals surface area contributed by atoms with Crippen molar-refractivity contribution in [3.8, 4) is 0 Å². The fourth-order valence-corrected chi connectivity index (χ4v) is 1.94. The van der Waals surface area contributed by atoms with Crippen LogP contribution in [0.25, 0.3) is 0 Å². The van der Waals surface area contributed by atoms with E-state index >= 15 is 0 Å². The van der Waals surface area contributed by atoms with Gasteiger partial charge in [0, 0.05) is 26.2 Å². The normalized spacial score (nSPS) is 18.4. The Kier molecular flexibility index (Phi) is 3.45. The van der Waals surface area contributed by atoms with Gasteiger partial charge in [-0.05, 0) is 6.42 Å². The number of aromatic nitrogens is 2. The van der Waals surface area contributed by atoms with Gasteiger partial charge in [0.05, 0.1) is 6.20 Å². The number of hydrogen-bond donors (Lipinski definition) is 4. The third kappa shape index (κ3) is 2.87. The lowest BCUT2D eigenvalue weighted by Crippen LogP contribution is -2.40. The number of hydrogen-bond acceptors (Lipinski definition) is 4. The van der Waals surface area contributed by atoms with Crippen LogP contribution in [0.1, 0.15) is 6.42 Å². The molecule has 0 aromatic carbocycles. The van der Waals surface area contributed by atoms with Gasteiger partial charge in [-0.25, -0.2) is 9.59 Å². The maximum atomic E-state index is 11.7. The van der Waals surface area contributed by atoms with Crippen molar-refractivity contribution in [2.45, 2.75) is 12.5 Å². The van der Waals surface area contributed by atoms with Crippen molar-refractivity contribution in [3.63, 3.8) is 0 Å². The molecule has 1 aromatic rings. The number of carboxylic acid groups (broad SMARTS) is 1. The van der Waals surface area contributed by atoms with Crippen molar-refractivity contribution < 1.29 is 14.7 Å². The lowest BCUT2D eigenvalue weighted by atomic mass is 10.3. The molecular weight excluding hydrogens is 252 g/mol. The molecular formula is C10H16N6O3. The highest BCUT2D eigenvalue weighted by molar-refractivity contribution is 5.92. The van der Waals surface area contributed by atoms with Crippen molar-refractivity contribution in [3.05, 3.63) is 6.20 Å². The Bertz CT molecular complexity index is 499. The van der Waals surface area contributed by atoms with Crippen LogP contribution in [0, 0.1) is 0 Å². The zero-order valence-electron chi connectivity index (χ0n) is 10.5. The van der Waals surface area contributed by atoms with Gasteiger partial charge in [0.25, 0.3) is 0 Å². The zero-order valence-corrected chi connectivity index (χ0v) is 10.5. The average molecular weight is 268 g/mol. The number of nitrogens with two attached hydrogens (primary N) is 1. The number of carbonyl (C=O) groups excluding carboxylic acids is 1. The lowest BCUT2D eigenvalue weighted by Gasteiger charge is -2.14. The number of aryl methyl sites for hydroxylation is 1. The predicted molar refractivity (Wildman–Crippen MR) is 67.8 cm³/mol. The Hall–Kier alpha value is -2.45. The molecule has 0 bridgehead atoms. The summed E-state index contributed by atoms with van der Waals surface area (Å²) >= 11 is 0. The van der Waals surface area contributed by atoms with Crippen LogP contribution < -0.4 is 16.4 Å². The summed E-state index contributed by atoms with van der Waals surface area (Å²) in [4.78, 5) is 23.7. The highest BCUT2D eigenvalue weighted by Crippen LogP contribution is 2.16. The summed E-state index contributed by atoms with van der Waals surface area (Å²) in [6, 6.07) is -0.606. The van der Waals surface area contributed by atoms with E-state index in [9.17, 15) is 9.59 Å². The monoisotopic (exact) mass is 268 g/mol. The van der Waals surface area contributed by atoms with E-state index < -0.39 is 12.1 Å². The molecule has 1 atom stereocenters. The van der Waals surface area contributed by atoms with Crippen molar-refractivity contribution >= 4 is 23.6 Å². The van der Waals surface area contributed by atoms with E-state index in [0.717, 1.165) is 0 Å². The molecule has 0 radical (unpaired) electrons. The summed E-state index contributed by atoms with van der Waals surface area (Å²) in [7, 11) is 1.67. The van der Waals surface area contributed by atoms with Crippen molar-refractivity contribution in [2.75, 3.05) is 24.1 Å². The number of likely N-dealkylation sites (tertiary alicyclic amines) is 1. The van der Waals surface area contributed by atoms with Crippen LogP contribution in [0.3, 0.4) is 0 Å². The van der Waals surface area contributed by atoms with Gasteiger partial charge >= 0.3 is 12.1 Å². The van der Waals surface area contributed by atoms with Gasteiger partial charge in [0.2, 0.25) is 0 Å². The Morgan fingerprint density at radius 2 is 2.32 bits per heavy atom. The molecule has 0 saturated carbocycles.